The summed E-state index contributed by atoms with van der Waals surface area (Å²) in [5.74, 6) is 0.749. The van der Waals surface area contributed by atoms with Crippen molar-refractivity contribution in [3.8, 4) is 5.75 Å². The number of nitrogens with one attached hydrogen (secondary N) is 1. The molecule has 1 saturated heterocycles. The molecule has 24 heavy (non-hydrogen) atoms. The van der Waals surface area contributed by atoms with E-state index in [0.717, 1.165) is 23.6 Å². The average molecular weight is 329 g/mol. The third-order valence-corrected chi connectivity index (χ3v) is 4.04. The highest BCUT2D eigenvalue weighted by Crippen LogP contribution is 2.22. The van der Waals surface area contributed by atoms with E-state index < -0.39 is 0 Å². The van der Waals surface area contributed by atoms with Crippen LogP contribution in [-0.2, 0) is 0 Å². The zero-order chi connectivity index (χ0) is 16.9. The van der Waals surface area contributed by atoms with E-state index in [-0.39, 0.29) is 6.03 Å². The van der Waals surface area contributed by atoms with Crippen molar-refractivity contribution in [2.24, 2.45) is 0 Å². The van der Waals surface area contributed by atoms with Crippen LogP contribution < -0.4 is 10.1 Å². The summed E-state index contributed by atoms with van der Waals surface area (Å²) in [6.45, 7) is 6.60. The summed E-state index contributed by atoms with van der Waals surface area (Å²) in [7, 11) is 0. The fraction of sp³-hybridized carbons (Fsp3) is 0.471. The lowest BCUT2D eigenvalue weighted by molar-refractivity contribution is 0.117. The van der Waals surface area contributed by atoms with Crippen molar-refractivity contribution < 1.29 is 9.53 Å². The molecule has 2 amide bonds. The molecule has 0 saturated carbocycles. The number of urea groups is 1. The number of ether oxygens (including phenoxy) is 1. The van der Waals surface area contributed by atoms with Crippen molar-refractivity contribution in [2.75, 3.05) is 26.2 Å². The summed E-state index contributed by atoms with van der Waals surface area (Å²) in [5.41, 5.74) is 2.16. The van der Waals surface area contributed by atoms with Gasteiger partial charge in [-0.25, -0.2) is 4.79 Å². The third kappa shape index (κ3) is 3.84. The van der Waals surface area contributed by atoms with E-state index >= 15 is 0 Å². The first-order chi connectivity index (χ1) is 11.6. The van der Waals surface area contributed by atoms with E-state index in [1.165, 1.54) is 0 Å². The molecule has 0 unspecified atom stereocenters. The minimum Gasteiger partial charge on any atom is -0.492 e. The number of likely N-dealkylation sites (tertiary alicyclic amines) is 1. The van der Waals surface area contributed by atoms with Gasteiger partial charge < -0.3 is 15.0 Å². The highest BCUT2D eigenvalue weighted by atomic mass is 16.5. The Morgan fingerprint density at radius 3 is 2.92 bits per heavy atom. The molecule has 3 heterocycles. The van der Waals surface area contributed by atoms with Crippen LogP contribution in [0.3, 0.4) is 0 Å². The van der Waals surface area contributed by atoms with Crippen molar-refractivity contribution in [3.63, 3.8) is 0 Å². The Hall–Kier alpha value is -2.57. The first-order valence-electron chi connectivity index (χ1n) is 8.22. The van der Waals surface area contributed by atoms with Gasteiger partial charge in [-0.15, -0.1) is 0 Å². The molecule has 2 aromatic heterocycles. The zero-order valence-electron chi connectivity index (χ0n) is 14.1. The number of aromatic nitrogens is 3. The molecular weight excluding hydrogens is 306 g/mol. The summed E-state index contributed by atoms with van der Waals surface area (Å²) in [6, 6.07) is 6.03. The maximum atomic E-state index is 12.1. The topological polar surface area (TPSA) is 72.3 Å². The fourth-order valence-electron chi connectivity index (χ4n) is 2.79. The predicted octanol–water partition coefficient (Wildman–Crippen LogP) is 1.93. The van der Waals surface area contributed by atoms with Crippen LogP contribution in [0.15, 0.2) is 30.6 Å². The molecule has 0 spiro atoms. The number of hydrogen-bond acceptors (Lipinski definition) is 4. The van der Waals surface area contributed by atoms with Gasteiger partial charge >= 0.3 is 6.03 Å². The maximum Gasteiger partial charge on any atom is 0.317 e. The summed E-state index contributed by atoms with van der Waals surface area (Å²) >= 11 is 0. The van der Waals surface area contributed by atoms with E-state index in [9.17, 15) is 4.79 Å². The van der Waals surface area contributed by atoms with Gasteiger partial charge in [0, 0.05) is 31.5 Å². The number of amides is 2. The minimum absolute atomic E-state index is 0.0193. The van der Waals surface area contributed by atoms with Crippen molar-refractivity contribution >= 4 is 6.03 Å². The number of nitrogens with zero attached hydrogens (tertiary/aromatic N) is 4. The van der Waals surface area contributed by atoms with Crippen LogP contribution in [-0.4, -0.2) is 51.9 Å². The smallest absolute Gasteiger partial charge is 0.317 e. The Bertz CT molecular complexity index is 680. The normalized spacial score (nSPS) is 14.3. The molecule has 1 N–H and O–H groups in total. The van der Waals surface area contributed by atoms with Gasteiger partial charge in [0.2, 0.25) is 0 Å². The summed E-state index contributed by atoms with van der Waals surface area (Å²) in [5, 5.41) is 7.40. The Kier molecular flexibility index (Phi) is 4.98. The molecule has 0 radical (unpaired) electrons. The monoisotopic (exact) mass is 329 g/mol. The Balaban J connectivity index is 1.32. The van der Waals surface area contributed by atoms with Crippen molar-refractivity contribution in [2.45, 2.75) is 26.3 Å². The van der Waals surface area contributed by atoms with Gasteiger partial charge in [-0.1, -0.05) is 0 Å². The largest absolute Gasteiger partial charge is 0.492 e. The average Bonchev–Trinajstić information content (AvgIpc) is 2.85. The van der Waals surface area contributed by atoms with Gasteiger partial charge in [0.25, 0.3) is 0 Å². The minimum atomic E-state index is -0.0193. The molecule has 0 bridgehead atoms. The second kappa shape index (κ2) is 7.33. The summed E-state index contributed by atoms with van der Waals surface area (Å²) < 4.78 is 7.55. The molecule has 3 rings (SSSR count). The maximum absolute atomic E-state index is 12.1. The van der Waals surface area contributed by atoms with Gasteiger partial charge in [-0.3, -0.25) is 9.67 Å². The Labute approximate surface area is 141 Å². The van der Waals surface area contributed by atoms with Crippen LogP contribution in [0.1, 0.15) is 23.9 Å². The number of carbonyl (C=O) groups is 1. The van der Waals surface area contributed by atoms with Crippen LogP contribution in [0.25, 0.3) is 0 Å². The SMILES string of the molecule is Cc1cc(C)n(C2CN(C(=O)NCCCOc3cccnc3)C2)n1. The number of aryl methyl sites for hydroxylation is 2. The van der Waals surface area contributed by atoms with E-state index in [4.69, 9.17) is 4.74 Å². The standard InChI is InChI=1S/C17H23N5O2/c1-13-9-14(2)22(20-13)15-11-21(12-15)17(23)19-7-4-8-24-16-5-3-6-18-10-16/h3,5-6,9-10,15H,4,7-8,11-12H2,1-2H3,(H,19,23). The Morgan fingerprint density at radius 1 is 1.42 bits per heavy atom. The highest BCUT2D eigenvalue weighted by Gasteiger charge is 2.32. The summed E-state index contributed by atoms with van der Waals surface area (Å²) in [6.07, 6.45) is 4.15. The van der Waals surface area contributed by atoms with Gasteiger partial charge in [-0.2, -0.15) is 5.10 Å². The predicted molar refractivity (Wildman–Crippen MR) is 90.1 cm³/mol. The first-order valence-corrected chi connectivity index (χ1v) is 8.22. The van der Waals surface area contributed by atoms with Crippen LogP contribution in [0, 0.1) is 13.8 Å². The van der Waals surface area contributed by atoms with Gasteiger partial charge in [0.05, 0.1) is 24.5 Å². The van der Waals surface area contributed by atoms with E-state index in [1.54, 1.807) is 12.4 Å². The quantitative estimate of drug-likeness (QED) is 0.822. The second-order valence-electron chi connectivity index (χ2n) is 6.05. The van der Waals surface area contributed by atoms with Gasteiger partial charge in [0.15, 0.2) is 0 Å². The molecule has 128 valence electrons. The fourth-order valence-corrected chi connectivity index (χ4v) is 2.79. The van der Waals surface area contributed by atoms with Crippen LogP contribution in [0.5, 0.6) is 5.75 Å². The number of pyridine rings is 1. The first kappa shape index (κ1) is 16.3. The van der Waals surface area contributed by atoms with Crippen molar-refractivity contribution in [1.29, 1.82) is 0 Å². The van der Waals surface area contributed by atoms with Gasteiger partial charge in [-0.05, 0) is 38.5 Å². The zero-order valence-corrected chi connectivity index (χ0v) is 14.1. The van der Waals surface area contributed by atoms with E-state index in [1.807, 2.05) is 35.6 Å². The number of hydrogen-bond donors (Lipinski definition) is 1. The van der Waals surface area contributed by atoms with E-state index in [0.29, 0.717) is 32.3 Å². The van der Waals surface area contributed by atoms with Crippen molar-refractivity contribution in [1.82, 2.24) is 25.0 Å². The molecule has 0 atom stereocenters. The lowest BCUT2D eigenvalue weighted by Gasteiger charge is -2.39. The van der Waals surface area contributed by atoms with Crippen LogP contribution in [0.4, 0.5) is 4.79 Å². The molecule has 7 heteroatoms. The molecule has 2 aromatic rings. The lowest BCUT2D eigenvalue weighted by Crippen LogP contribution is -2.54. The molecule has 0 aromatic carbocycles. The number of rotatable bonds is 6. The third-order valence-electron chi connectivity index (χ3n) is 4.04. The molecule has 1 aliphatic heterocycles. The second-order valence-corrected chi connectivity index (χ2v) is 6.05. The molecular formula is C17H23N5O2. The molecule has 7 nitrogen and oxygen atoms in total. The highest BCUT2D eigenvalue weighted by molar-refractivity contribution is 5.75. The van der Waals surface area contributed by atoms with Crippen molar-refractivity contribution in [3.05, 3.63) is 42.0 Å². The van der Waals surface area contributed by atoms with Crippen LogP contribution in [0.2, 0.25) is 0 Å². The lowest BCUT2D eigenvalue weighted by atomic mass is 10.1. The number of carbonyl (C=O) groups excluding carboxylic acids is 1. The molecule has 1 fully saturated rings. The van der Waals surface area contributed by atoms with E-state index in [2.05, 4.69) is 21.5 Å². The molecule has 1 aliphatic rings. The Morgan fingerprint density at radius 2 is 2.25 bits per heavy atom. The molecule has 0 aliphatic carbocycles. The van der Waals surface area contributed by atoms with Gasteiger partial charge in [0.1, 0.15) is 5.75 Å². The van der Waals surface area contributed by atoms with Crippen LogP contribution >= 0.6 is 0 Å². The summed E-state index contributed by atoms with van der Waals surface area (Å²) in [4.78, 5) is 17.9.